The van der Waals surface area contributed by atoms with Crippen LogP contribution in [0.4, 0.5) is 0 Å². The first-order valence-corrected chi connectivity index (χ1v) is 7.52. The smallest absolute Gasteiger partial charge is 0.207 e. The van der Waals surface area contributed by atoms with Crippen molar-refractivity contribution in [3.05, 3.63) is 28.7 Å². The lowest BCUT2D eigenvalue weighted by Crippen LogP contribution is -2.33. The SMILES string of the molecule is C#CC(CCC)NS(=O)(=O)c1ccccc1Br. The van der Waals surface area contributed by atoms with E-state index in [1.54, 1.807) is 18.2 Å². The van der Waals surface area contributed by atoms with Crippen molar-refractivity contribution in [1.82, 2.24) is 4.72 Å². The second kappa shape index (κ2) is 6.20. The Kier molecular flexibility index (Phi) is 5.19. The summed E-state index contributed by atoms with van der Waals surface area (Å²) in [6.07, 6.45) is 6.75. The van der Waals surface area contributed by atoms with Gasteiger partial charge in [-0.3, -0.25) is 0 Å². The Morgan fingerprint density at radius 1 is 1.47 bits per heavy atom. The Labute approximate surface area is 111 Å². The summed E-state index contributed by atoms with van der Waals surface area (Å²) in [6, 6.07) is 6.18. The van der Waals surface area contributed by atoms with Crippen LogP contribution in [-0.2, 0) is 10.0 Å². The summed E-state index contributed by atoms with van der Waals surface area (Å²) in [7, 11) is -3.56. The van der Waals surface area contributed by atoms with Crippen molar-refractivity contribution in [3.8, 4) is 12.3 Å². The fraction of sp³-hybridized carbons (Fsp3) is 0.333. The molecule has 0 bridgehead atoms. The Morgan fingerprint density at radius 3 is 2.65 bits per heavy atom. The minimum absolute atomic E-state index is 0.205. The van der Waals surface area contributed by atoms with Crippen LogP contribution in [0.3, 0.4) is 0 Å². The van der Waals surface area contributed by atoms with Crippen LogP contribution >= 0.6 is 15.9 Å². The molecule has 5 heteroatoms. The van der Waals surface area contributed by atoms with Crippen molar-refractivity contribution in [1.29, 1.82) is 0 Å². The van der Waals surface area contributed by atoms with Gasteiger partial charge in [-0.2, -0.15) is 4.72 Å². The molecule has 1 atom stereocenters. The van der Waals surface area contributed by atoms with Crippen LogP contribution in [0.2, 0.25) is 0 Å². The predicted molar refractivity (Wildman–Crippen MR) is 72.0 cm³/mol. The normalized spacial score (nSPS) is 13.0. The van der Waals surface area contributed by atoms with E-state index in [1.807, 2.05) is 6.92 Å². The molecule has 1 unspecified atom stereocenters. The first-order valence-electron chi connectivity index (χ1n) is 5.24. The summed E-state index contributed by atoms with van der Waals surface area (Å²) >= 11 is 3.21. The van der Waals surface area contributed by atoms with E-state index in [9.17, 15) is 8.42 Å². The highest BCUT2D eigenvalue weighted by molar-refractivity contribution is 9.10. The van der Waals surface area contributed by atoms with E-state index in [0.29, 0.717) is 10.9 Å². The van der Waals surface area contributed by atoms with Gasteiger partial charge in [-0.1, -0.05) is 31.4 Å². The minimum atomic E-state index is -3.56. The fourth-order valence-corrected chi connectivity index (χ4v) is 3.57. The number of benzene rings is 1. The van der Waals surface area contributed by atoms with Gasteiger partial charge in [0.1, 0.15) is 0 Å². The molecular formula is C12H14BrNO2S. The van der Waals surface area contributed by atoms with Gasteiger partial charge in [-0.05, 0) is 34.5 Å². The Morgan fingerprint density at radius 2 is 2.12 bits per heavy atom. The molecule has 0 radical (unpaired) electrons. The maximum Gasteiger partial charge on any atom is 0.242 e. The highest BCUT2D eigenvalue weighted by Crippen LogP contribution is 2.21. The zero-order valence-corrected chi connectivity index (χ0v) is 11.9. The van der Waals surface area contributed by atoms with E-state index in [2.05, 4.69) is 26.6 Å². The lowest BCUT2D eigenvalue weighted by molar-refractivity contribution is 0.564. The molecule has 0 aromatic heterocycles. The molecule has 0 aliphatic rings. The summed E-state index contributed by atoms with van der Waals surface area (Å²) in [4.78, 5) is 0.205. The van der Waals surface area contributed by atoms with Gasteiger partial charge in [-0.15, -0.1) is 6.42 Å². The van der Waals surface area contributed by atoms with Crippen molar-refractivity contribution in [2.45, 2.75) is 30.7 Å². The predicted octanol–water partition coefficient (Wildman–Crippen LogP) is 2.53. The maximum absolute atomic E-state index is 12.1. The van der Waals surface area contributed by atoms with Crippen LogP contribution in [0.25, 0.3) is 0 Å². The number of rotatable bonds is 5. The van der Waals surface area contributed by atoms with E-state index in [1.165, 1.54) is 6.07 Å². The number of terminal acetylenes is 1. The van der Waals surface area contributed by atoms with Crippen molar-refractivity contribution >= 4 is 26.0 Å². The molecule has 17 heavy (non-hydrogen) atoms. The quantitative estimate of drug-likeness (QED) is 0.849. The summed E-state index contributed by atoms with van der Waals surface area (Å²) in [5, 5.41) is 0. The Hall–Kier alpha value is -0.830. The molecule has 1 N–H and O–H groups in total. The molecule has 0 saturated carbocycles. The van der Waals surface area contributed by atoms with Crippen LogP contribution in [0.1, 0.15) is 19.8 Å². The average Bonchev–Trinajstić information content (AvgIpc) is 2.28. The molecule has 3 nitrogen and oxygen atoms in total. The fourth-order valence-electron chi connectivity index (χ4n) is 1.38. The molecule has 1 aromatic rings. The molecule has 0 heterocycles. The van der Waals surface area contributed by atoms with E-state index in [-0.39, 0.29) is 4.90 Å². The van der Waals surface area contributed by atoms with Gasteiger partial charge in [0, 0.05) is 4.47 Å². The molecule has 0 saturated heterocycles. The molecule has 92 valence electrons. The minimum Gasteiger partial charge on any atom is -0.207 e. The number of sulfonamides is 1. The van der Waals surface area contributed by atoms with Gasteiger partial charge in [0.15, 0.2) is 0 Å². The van der Waals surface area contributed by atoms with Gasteiger partial charge in [0.2, 0.25) is 10.0 Å². The van der Waals surface area contributed by atoms with Crippen LogP contribution in [0, 0.1) is 12.3 Å². The van der Waals surface area contributed by atoms with Crippen LogP contribution in [-0.4, -0.2) is 14.5 Å². The molecular weight excluding hydrogens is 302 g/mol. The molecule has 0 fully saturated rings. The lowest BCUT2D eigenvalue weighted by Gasteiger charge is -2.13. The molecule has 0 aliphatic heterocycles. The largest absolute Gasteiger partial charge is 0.242 e. The van der Waals surface area contributed by atoms with Crippen molar-refractivity contribution in [2.24, 2.45) is 0 Å². The van der Waals surface area contributed by atoms with Crippen LogP contribution in [0.15, 0.2) is 33.6 Å². The van der Waals surface area contributed by atoms with Crippen LogP contribution in [0.5, 0.6) is 0 Å². The number of nitrogens with one attached hydrogen (secondary N) is 1. The zero-order valence-electron chi connectivity index (χ0n) is 9.48. The van der Waals surface area contributed by atoms with Crippen molar-refractivity contribution in [2.75, 3.05) is 0 Å². The van der Waals surface area contributed by atoms with Gasteiger partial charge >= 0.3 is 0 Å². The third-order valence-corrected chi connectivity index (χ3v) is 4.69. The summed E-state index contributed by atoms with van der Waals surface area (Å²) in [5.74, 6) is 2.44. The molecule has 0 amide bonds. The monoisotopic (exact) mass is 315 g/mol. The topological polar surface area (TPSA) is 46.2 Å². The Balaban J connectivity index is 2.98. The third-order valence-electron chi connectivity index (χ3n) is 2.20. The van der Waals surface area contributed by atoms with E-state index < -0.39 is 16.1 Å². The summed E-state index contributed by atoms with van der Waals surface area (Å²) < 4.78 is 27.2. The molecule has 1 aromatic carbocycles. The summed E-state index contributed by atoms with van der Waals surface area (Å²) in [5.41, 5.74) is 0. The van der Waals surface area contributed by atoms with Crippen molar-refractivity contribution < 1.29 is 8.42 Å². The van der Waals surface area contributed by atoms with Crippen LogP contribution < -0.4 is 4.72 Å². The standard InChI is InChI=1S/C12H14BrNO2S/c1-3-7-10(4-2)14-17(15,16)12-9-6-5-8-11(12)13/h2,5-6,8-10,14H,3,7H2,1H3. The zero-order chi connectivity index (χ0) is 12.9. The lowest BCUT2D eigenvalue weighted by atomic mass is 10.2. The van der Waals surface area contributed by atoms with Gasteiger partial charge in [0.25, 0.3) is 0 Å². The summed E-state index contributed by atoms with van der Waals surface area (Å²) in [6.45, 7) is 1.96. The molecule has 0 spiro atoms. The average molecular weight is 316 g/mol. The van der Waals surface area contributed by atoms with Crippen molar-refractivity contribution in [3.63, 3.8) is 0 Å². The van der Waals surface area contributed by atoms with Gasteiger partial charge in [0.05, 0.1) is 10.9 Å². The second-order valence-electron chi connectivity index (χ2n) is 3.56. The first kappa shape index (κ1) is 14.2. The highest BCUT2D eigenvalue weighted by atomic mass is 79.9. The van der Waals surface area contributed by atoms with Gasteiger partial charge < -0.3 is 0 Å². The highest BCUT2D eigenvalue weighted by Gasteiger charge is 2.20. The number of hydrogen-bond acceptors (Lipinski definition) is 2. The molecule has 1 rings (SSSR count). The van der Waals surface area contributed by atoms with E-state index in [0.717, 1.165) is 6.42 Å². The number of hydrogen-bond donors (Lipinski definition) is 1. The second-order valence-corrected chi connectivity index (χ2v) is 6.10. The molecule has 0 aliphatic carbocycles. The maximum atomic E-state index is 12.1. The van der Waals surface area contributed by atoms with E-state index >= 15 is 0 Å². The Bertz CT molecular complexity index is 520. The number of halogens is 1. The van der Waals surface area contributed by atoms with E-state index in [4.69, 9.17) is 6.42 Å². The third kappa shape index (κ3) is 3.84. The van der Waals surface area contributed by atoms with Gasteiger partial charge in [-0.25, -0.2) is 8.42 Å². The first-order chi connectivity index (χ1) is 8.01.